The second kappa shape index (κ2) is 9.23. The van der Waals surface area contributed by atoms with E-state index in [0.717, 1.165) is 40.5 Å². The van der Waals surface area contributed by atoms with Crippen molar-refractivity contribution in [1.82, 2.24) is 14.5 Å². The van der Waals surface area contributed by atoms with Crippen molar-refractivity contribution in [2.75, 3.05) is 17.3 Å². The number of imidazole rings is 1. The first kappa shape index (κ1) is 23.2. The van der Waals surface area contributed by atoms with Gasteiger partial charge in [-0.1, -0.05) is 59.8 Å². The summed E-state index contributed by atoms with van der Waals surface area (Å²) in [5.74, 6) is 0.517. The Hall–Kier alpha value is -2.58. The van der Waals surface area contributed by atoms with Crippen LogP contribution < -0.4 is 0 Å². The number of amides is 1. The molecule has 0 bridgehead atoms. The second-order valence-electron chi connectivity index (χ2n) is 9.30. The maximum atomic E-state index is 13.3. The van der Waals surface area contributed by atoms with Gasteiger partial charge in [0.05, 0.1) is 34.8 Å². The van der Waals surface area contributed by atoms with Crippen molar-refractivity contribution in [3.8, 4) is 16.9 Å². The summed E-state index contributed by atoms with van der Waals surface area (Å²) in [6.45, 7) is 4.17. The van der Waals surface area contributed by atoms with Crippen LogP contribution in [0.15, 0.2) is 59.9 Å². The Morgan fingerprint density at radius 3 is 2.50 bits per heavy atom. The summed E-state index contributed by atoms with van der Waals surface area (Å²) in [6.07, 6.45) is 4.33. The molecule has 0 N–H and O–H groups in total. The number of carbonyl (C=O) groups excluding carboxylic acids is 1. The SMILES string of the molecule is Cc1ccc(-n2c(-c3ccccc3)cnc2SCC(=O)N(C2CC2)C2CCS(=O)(=O)C2)c(C)c1. The molecule has 3 aromatic rings. The van der Waals surface area contributed by atoms with Crippen LogP contribution in [0.3, 0.4) is 0 Å². The maximum absolute atomic E-state index is 13.3. The fourth-order valence-corrected chi connectivity index (χ4v) is 7.36. The minimum atomic E-state index is -3.04. The summed E-state index contributed by atoms with van der Waals surface area (Å²) < 4.78 is 26.2. The lowest BCUT2D eigenvalue weighted by Crippen LogP contribution is -2.43. The minimum absolute atomic E-state index is 0.00559. The van der Waals surface area contributed by atoms with Gasteiger partial charge in [-0.25, -0.2) is 13.4 Å². The summed E-state index contributed by atoms with van der Waals surface area (Å²) in [7, 11) is -3.04. The number of aromatic nitrogens is 2. The molecule has 2 aromatic carbocycles. The molecular formula is C26H29N3O3S2. The number of sulfone groups is 1. The van der Waals surface area contributed by atoms with E-state index in [2.05, 4.69) is 48.7 Å². The molecule has 8 heteroatoms. The highest BCUT2D eigenvalue weighted by Gasteiger charge is 2.42. The average molecular weight is 496 g/mol. The predicted molar refractivity (Wildman–Crippen MR) is 136 cm³/mol. The van der Waals surface area contributed by atoms with Gasteiger partial charge in [0.25, 0.3) is 0 Å². The van der Waals surface area contributed by atoms with Gasteiger partial charge in [-0.3, -0.25) is 9.36 Å². The smallest absolute Gasteiger partial charge is 0.233 e. The zero-order valence-electron chi connectivity index (χ0n) is 19.5. The quantitative estimate of drug-likeness (QED) is 0.454. The maximum Gasteiger partial charge on any atom is 0.233 e. The van der Waals surface area contributed by atoms with Crippen molar-refractivity contribution in [3.05, 3.63) is 65.9 Å². The zero-order chi connectivity index (χ0) is 23.9. The highest BCUT2D eigenvalue weighted by Crippen LogP contribution is 2.35. The molecule has 1 aliphatic heterocycles. The van der Waals surface area contributed by atoms with Crippen molar-refractivity contribution in [1.29, 1.82) is 0 Å². The Kier molecular flexibility index (Phi) is 6.29. The number of benzene rings is 2. The third-order valence-corrected chi connectivity index (χ3v) is 9.23. The van der Waals surface area contributed by atoms with E-state index < -0.39 is 9.84 Å². The topological polar surface area (TPSA) is 72.3 Å². The Morgan fingerprint density at radius 2 is 1.85 bits per heavy atom. The molecule has 1 aromatic heterocycles. The molecule has 2 heterocycles. The first-order chi connectivity index (χ1) is 16.3. The molecule has 1 aliphatic carbocycles. The van der Waals surface area contributed by atoms with E-state index >= 15 is 0 Å². The number of nitrogens with zero attached hydrogens (tertiary/aromatic N) is 3. The standard InChI is InChI=1S/C26H29N3O3S2/c1-18-8-11-23(19(2)14-18)29-24(20-6-4-3-5-7-20)15-27-26(29)33-16-25(30)28(21-9-10-21)22-12-13-34(31,32)17-22/h3-8,11,14-15,21-22H,9-10,12-13,16-17H2,1-2H3. The van der Waals surface area contributed by atoms with E-state index in [1.807, 2.05) is 29.3 Å². The monoisotopic (exact) mass is 495 g/mol. The largest absolute Gasteiger partial charge is 0.335 e. The van der Waals surface area contributed by atoms with Gasteiger partial charge in [-0.15, -0.1) is 0 Å². The van der Waals surface area contributed by atoms with Crippen molar-refractivity contribution in [2.45, 2.75) is 50.4 Å². The van der Waals surface area contributed by atoms with E-state index in [-0.39, 0.29) is 35.2 Å². The molecule has 1 atom stereocenters. The van der Waals surface area contributed by atoms with E-state index in [0.29, 0.717) is 6.42 Å². The van der Waals surface area contributed by atoms with Gasteiger partial charge in [0.15, 0.2) is 15.0 Å². The fourth-order valence-electron chi connectivity index (χ4n) is 4.79. The number of thioether (sulfide) groups is 1. The van der Waals surface area contributed by atoms with Gasteiger partial charge in [0, 0.05) is 17.6 Å². The first-order valence-electron chi connectivity index (χ1n) is 11.7. The lowest BCUT2D eigenvalue weighted by molar-refractivity contribution is -0.130. The Morgan fingerprint density at radius 1 is 1.09 bits per heavy atom. The van der Waals surface area contributed by atoms with Crippen molar-refractivity contribution < 1.29 is 13.2 Å². The molecule has 1 amide bonds. The minimum Gasteiger partial charge on any atom is -0.335 e. The lowest BCUT2D eigenvalue weighted by Gasteiger charge is -2.28. The molecule has 2 aliphatic rings. The number of carbonyl (C=O) groups is 1. The van der Waals surface area contributed by atoms with Crippen molar-refractivity contribution in [2.24, 2.45) is 0 Å². The van der Waals surface area contributed by atoms with Gasteiger partial charge in [-0.05, 0) is 44.7 Å². The summed E-state index contributed by atoms with van der Waals surface area (Å²) in [6, 6.07) is 16.5. The number of hydrogen-bond acceptors (Lipinski definition) is 5. The Labute approximate surface area is 205 Å². The average Bonchev–Trinajstić information content (AvgIpc) is 3.44. The van der Waals surface area contributed by atoms with Crippen LogP contribution in [0, 0.1) is 13.8 Å². The molecule has 0 radical (unpaired) electrons. The third-order valence-electron chi connectivity index (χ3n) is 6.55. The lowest BCUT2D eigenvalue weighted by atomic mass is 10.1. The van der Waals surface area contributed by atoms with Crippen LogP contribution in [0.5, 0.6) is 0 Å². The van der Waals surface area contributed by atoms with Gasteiger partial charge >= 0.3 is 0 Å². The Balaban J connectivity index is 1.43. The molecule has 0 spiro atoms. The van der Waals surface area contributed by atoms with E-state index in [1.165, 1.54) is 17.3 Å². The predicted octanol–water partition coefficient (Wildman–Crippen LogP) is 4.43. The van der Waals surface area contributed by atoms with Gasteiger partial charge in [0.1, 0.15) is 0 Å². The molecule has 178 valence electrons. The highest BCUT2D eigenvalue weighted by atomic mass is 32.2. The normalized spacial score (nSPS) is 19.3. The number of rotatable bonds is 7. The first-order valence-corrected chi connectivity index (χ1v) is 14.5. The molecule has 6 nitrogen and oxygen atoms in total. The second-order valence-corrected chi connectivity index (χ2v) is 12.5. The van der Waals surface area contributed by atoms with Crippen LogP contribution in [0.2, 0.25) is 0 Å². The van der Waals surface area contributed by atoms with Gasteiger partial charge < -0.3 is 4.90 Å². The van der Waals surface area contributed by atoms with E-state index in [1.54, 1.807) is 0 Å². The summed E-state index contributed by atoms with van der Waals surface area (Å²) in [4.78, 5) is 19.9. The highest BCUT2D eigenvalue weighted by molar-refractivity contribution is 7.99. The summed E-state index contributed by atoms with van der Waals surface area (Å²) in [5, 5.41) is 0.758. The van der Waals surface area contributed by atoms with Crippen molar-refractivity contribution >= 4 is 27.5 Å². The molecule has 2 fully saturated rings. The summed E-state index contributed by atoms with van der Waals surface area (Å²) in [5.41, 5.74) is 5.41. The van der Waals surface area contributed by atoms with E-state index in [4.69, 9.17) is 4.98 Å². The van der Waals surface area contributed by atoms with Crippen LogP contribution in [0.25, 0.3) is 16.9 Å². The molecule has 34 heavy (non-hydrogen) atoms. The number of hydrogen-bond donors (Lipinski definition) is 0. The fraction of sp³-hybridized carbons (Fsp3) is 0.385. The Bertz CT molecular complexity index is 1310. The molecule has 1 saturated carbocycles. The third kappa shape index (κ3) is 4.79. The zero-order valence-corrected chi connectivity index (χ0v) is 21.1. The molecule has 1 unspecified atom stereocenters. The van der Waals surface area contributed by atoms with Crippen LogP contribution in [-0.4, -0.2) is 58.1 Å². The van der Waals surface area contributed by atoms with Crippen molar-refractivity contribution in [3.63, 3.8) is 0 Å². The molecular weight excluding hydrogens is 466 g/mol. The van der Waals surface area contributed by atoms with Crippen LogP contribution in [-0.2, 0) is 14.6 Å². The van der Waals surface area contributed by atoms with Crippen LogP contribution in [0.4, 0.5) is 0 Å². The number of aryl methyl sites for hydroxylation is 2. The van der Waals surface area contributed by atoms with Crippen LogP contribution in [0.1, 0.15) is 30.4 Å². The molecule has 1 saturated heterocycles. The molecule has 5 rings (SSSR count). The van der Waals surface area contributed by atoms with Gasteiger partial charge in [-0.2, -0.15) is 0 Å². The van der Waals surface area contributed by atoms with Crippen LogP contribution >= 0.6 is 11.8 Å². The van der Waals surface area contributed by atoms with E-state index in [9.17, 15) is 13.2 Å². The van der Waals surface area contributed by atoms with Gasteiger partial charge in [0.2, 0.25) is 5.91 Å². The summed E-state index contributed by atoms with van der Waals surface area (Å²) >= 11 is 1.42.